The van der Waals surface area contributed by atoms with E-state index in [1.807, 2.05) is 0 Å². The Balaban J connectivity index is 2.17. The van der Waals surface area contributed by atoms with Crippen LogP contribution >= 0.6 is 0 Å². The molecule has 3 rings (SSSR count). The summed E-state index contributed by atoms with van der Waals surface area (Å²) in [6.07, 6.45) is -4.91. The summed E-state index contributed by atoms with van der Waals surface area (Å²) in [5.41, 5.74) is 0.0704. The second-order valence-corrected chi connectivity index (χ2v) is 7.82. The fraction of sp³-hybridized carbons (Fsp3) is 0.167. The van der Waals surface area contributed by atoms with Crippen molar-refractivity contribution in [2.75, 3.05) is 0 Å². The predicted molar refractivity (Wildman–Crippen MR) is 96.0 cm³/mol. The predicted octanol–water partition coefficient (Wildman–Crippen LogP) is 3.63. The van der Waals surface area contributed by atoms with Crippen molar-refractivity contribution in [2.24, 2.45) is 5.14 Å². The first-order valence-corrected chi connectivity index (χ1v) is 9.85. The lowest BCUT2D eigenvalue weighted by Crippen LogP contribution is -2.17. The van der Waals surface area contributed by atoms with Crippen LogP contribution in [0, 0.1) is 18.6 Å². The van der Waals surface area contributed by atoms with E-state index < -0.39 is 45.3 Å². The Hall–Kier alpha value is -3.03. The number of hydrogen-bond acceptors (Lipinski definition) is 6. The summed E-state index contributed by atoms with van der Waals surface area (Å²) in [6.45, 7) is 0.692. The average molecular weight is 464 g/mol. The number of aryl methyl sites for hydroxylation is 1. The molecule has 1 aromatic heterocycles. The van der Waals surface area contributed by atoms with Gasteiger partial charge in [-0.05, 0) is 48.4 Å². The molecule has 0 bridgehead atoms. The Labute approximate surface area is 171 Å². The van der Waals surface area contributed by atoms with E-state index in [4.69, 9.17) is 9.66 Å². The Bertz CT molecular complexity index is 1230. The maximum atomic E-state index is 14.3. The van der Waals surface area contributed by atoms with Crippen molar-refractivity contribution in [2.45, 2.75) is 24.8 Å². The summed E-state index contributed by atoms with van der Waals surface area (Å²) in [5, 5.41) is 18.1. The average Bonchev–Trinajstić information content (AvgIpc) is 3.02. The third-order valence-electron chi connectivity index (χ3n) is 4.16. The molecule has 13 heteroatoms. The van der Waals surface area contributed by atoms with Gasteiger partial charge in [-0.3, -0.25) is 0 Å². The molecule has 3 N–H and O–H groups in total. The van der Waals surface area contributed by atoms with Gasteiger partial charge >= 0.3 is 6.36 Å². The molecule has 0 spiro atoms. The van der Waals surface area contributed by atoms with E-state index in [1.54, 1.807) is 0 Å². The van der Waals surface area contributed by atoms with E-state index >= 15 is 0 Å². The van der Waals surface area contributed by atoms with Crippen LogP contribution in [-0.2, 0) is 16.6 Å². The quantitative estimate of drug-likeness (QED) is 0.557. The fourth-order valence-corrected chi connectivity index (χ4v) is 3.65. The summed E-state index contributed by atoms with van der Waals surface area (Å²) >= 11 is 0. The highest BCUT2D eigenvalue weighted by Crippen LogP contribution is 2.39. The lowest BCUT2D eigenvalue weighted by Gasteiger charge is -2.12. The fourth-order valence-electron chi connectivity index (χ4n) is 2.99. The lowest BCUT2D eigenvalue weighted by atomic mass is 9.96. The van der Waals surface area contributed by atoms with E-state index in [0.717, 1.165) is 12.1 Å². The maximum absolute atomic E-state index is 14.3. The van der Waals surface area contributed by atoms with Crippen molar-refractivity contribution < 1.29 is 44.7 Å². The van der Waals surface area contributed by atoms with Crippen LogP contribution in [-0.4, -0.2) is 25.0 Å². The number of rotatable bonds is 5. The molecular weight excluding hydrogens is 451 g/mol. The van der Waals surface area contributed by atoms with E-state index in [9.17, 15) is 35.5 Å². The number of aliphatic hydroxyl groups is 1. The van der Waals surface area contributed by atoms with Crippen LogP contribution in [0.4, 0.5) is 22.0 Å². The monoisotopic (exact) mass is 464 g/mol. The number of sulfonamides is 1. The minimum absolute atomic E-state index is 0.0535. The van der Waals surface area contributed by atoms with E-state index in [2.05, 4.69) is 9.89 Å². The van der Waals surface area contributed by atoms with Crippen LogP contribution < -0.4 is 9.88 Å². The van der Waals surface area contributed by atoms with E-state index in [-0.39, 0.29) is 33.7 Å². The van der Waals surface area contributed by atoms with Gasteiger partial charge in [-0.1, -0.05) is 5.16 Å². The number of nitrogens with zero attached hydrogens (tertiary/aromatic N) is 1. The van der Waals surface area contributed by atoms with Gasteiger partial charge in [0.15, 0.2) is 10.7 Å². The molecule has 0 aliphatic carbocycles. The topological polar surface area (TPSA) is 116 Å². The van der Waals surface area contributed by atoms with Crippen molar-refractivity contribution in [3.8, 4) is 28.1 Å². The number of aromatic nitrogens is 1. The van der Waals surface area contributed by atoms with Crippen molar-refractivity contribution in [3.63, 3.8) is 0 Å². The third kappa shape index (κ3) is 4.68. The highest BCUT2D eigenvalue weighted by Gasteiger charge is 2.31. The normalized spacial score (nSPS) is 12.3. The molecule has 0 radical (unpaired) electrons. The number of benzene rings is 2. The van der Waals surface area contributed by atoms with E-state index in [0.29, 0.717) is 12.1 Å². The van der Waals surface area contributed by atoms with Crippen molar-refractivity contribution in [1.29, 1.82) is 0 Å². The van der Waals surface area contributed by atoms with Crippen LogP contribution in [0.3, 0.4) is 0 Å². The zero-order chi connectivity index (χ0) is 23.1. The number of hydrogen-bond donors (Lipinski definition) is 2. The van der Waals surface area contributed by atoms with Gasteiger partial charge in [0, 0.05) is 5.56 Å². The SMILES string of the molecule is Cc1cc(OC(F)(F)F)ccc1-c1noc(CO)c1-c1cc(F)c(S(N)(=O)=O)c(F)c1. The molecule has 0 amide bonds. The molecule has 0 fully saturated rings. The van der Waals surface area contributed by atoms with Gasteiger partial charge < -0.3 is 14.4 Å². The molecule has 31 heavy (non-hydrogen) atoms. The van der Waals surface area contributed by atoms with Gasteiger partial charge in [-0.25, -0.2) is 22.3 Å². The molecule has 0 aliphatic heterocycles. The Kier molecular flexibility index (Phi) is 5.78. The third-order valence-corrected chi connectivity index (χ3v) is 5.12. The number of ether oxygens (including phenoxy) is 1. The highest BCUT2D eigenvalue weighted by atomic mass is 32.2. The summed E-state index contributed by atoms with van der Waals surface area (Å²) in [7, 11) is -4.70. The van der Waals surface area contributed by atoms with Crippen LogP contribution in [0.2, 0.25) is 0 Å². The Morgan fingerprint density at radius 1 is 1.16 bits per heavy atom. The van der Waals surface area contributed by atoms with Gasteiger partial charge in [-0.15, -0.1) is 13.2 Å². The summed E-state index contributed by atoms with van der Waals surface area (Å²) < 4.78 is 97.5. The first-order chi connectivity index (χ1) is 14.3. The molecule has 1 heterocycles. The minimum atomic E-state index is -4.91. The molecule has 0 unspecified atom stereocenters. The molecule has 7 nitrogen and oxygen atoms in total. The first kappa shape index (κ1) is 22.7. The number of halogens is 5. The smallest absolute Gasteiger partial charge is 0.406 e. The summed E-state index contributed by atoms with van der Waals surface area (Å²) in [5.74, 6) is -3.69. The van der Waals surface area contributed by atoms with Gasteiger partial charge in [0.25, 0.3) is 0 Å². The van der Waals surface area contributed by atoms with Gasteiger partial charge in [-0.2, -0.15) is 0 Å². The van der Waals surface area contributed by atoms with Crippen molar-refractivity contribution in [1.82, 2.24) is 5.16 Å². The molecule has 3 aromatic rings. The summed E-state index contributed by atoms with van der Waals surface area (Å²) in [6, 6.07) is 4.59. The van der Waals surface area contributed by atoms with Crippen LogP contribution in [0.25, 0.3) is 22.4 Å². The number of primary sulfonamides is 1. The zero-order valence-electron chi connectivity index (χ0n) is 15.5. The maximum Gasteiger partial charge on any atom is 0.573 e. The number of alkyl halides is 3. The molecule has 0 atom stereocenters. The standard InChI is InChI=1S/C18H13F5N2O5S/c1-8-4-10(29-18(21,22)23)2-3-11(8)16-15(14(7-26)30-25-16)9-5-12(19)17(13(20)6-9)31(24,27)28/h2-6,26H,7H2,1H3,(H2,24,27,28). The van der Waals surface area contributed by atoms with Crippen LogP contribution in [0.1, 0.15) is 11.3 Å². The molecule has 0 aliphatic rings. The van der Waals surface area contributed by atoms with Crippen LogP contribution in [0.5, 0.6) is 5.75 Å². The summed E-state index contributed by atoms with van der Waals surface area (Å²) in [4.78, 5) is -1.34. The van der Waals surface area contributed by atoms with Crippen LogP contribution in [0.15, 0.2) is 39.8 Å². The Morgan fingerprint density at radius 3 is 2.26 bits per heavy atom. The van der Waals surface area contributed by atoms with Gasteiger partial charge in [0.2, 0.25) is 10.0 Å². The highest BCUT2D eigenvalue weighted by molar-refractivity contribution is 7.89. The van der Waals surface area contributed by atoms with Gasteiger partial charge in [0.1, 0.15) is 29.7 Å². The largest absolute Gasteiger partial charge is 0.573 e. The zero-order valence-corrected chi connectivity index (χ0v) is 16.3. The molecule has 166 valence electrons. The van der Waals surface area contributed by atoms with Crippen molar-refractivity contribution in [3.05, 3.63) is 53.3 Å². The second kappa shape index (κ2) is 7.90. The minimum Gasteiger partial charge on any atom is -0.406 e. The van der Waals surface area contributed by atoms with Crippen molar-refractivity contribution >= 4 is 10.0 Å². The molecule has 0 saturated carbocycles. The number of nitrogens with two attached hydrogens (primary N) is 1. The number of aliphatic hydroxyl groups excluding tert-OH is 1. The molecule has 0 saturated heterocycles. The van der Waals surface area contributed by atoms with Gasteiger partial charge in [0.05, 0.1) is 5.56 Å². The Morgan fingerprint density at radius 2 is 1.77 bits per heavy atom. The second-order valence-electron chi connectivity index (χ2n) is 6.33. The lowest BCUT2D eigenvalue weighted by molar-refractivity contribution is -0.274. The molecule has 2 aromatic carbocycles. The first-order valence-electron chi connectivity index (χ1n) is 8.30. The molecular formula is C18H13F5N2O5S. The van der Waals surface area contributed by atoms with E-state index in [1.165, 1.54) is 13.0 Å².